The summed E-state index contributed by atoms with van der Waals surface area (Å²) in [6.07, 6.45) is 7.43. The van der Waals surface area contributed by atoms with Gasteiger partial charge in [0.1, 0.15) is 6.33 Å². The SMILES string of the molecule is Cc1noc([C@@H]2CCCN(c3cncnc3)C2)n1. The molecule has 94 valence electrons. The van der Waals surface area contributed by atoms with Crippen molar-refractivity contribution >= 4 is 5.69 Å². The van der Waals surface area contributed by atoms with Crippen LogP contribution in [0.4, 0.5) is 5.69 Å². The first-order valence-corrected chi connectivity index (χ1v) is 6.13. The third-order valence-electron chi connectivity index (χ3n) is 3.23. The largest absolute Gasteiger partial charge is 0.368 e. The summed E-state index contributed by atoms with van der Waals surface area (Å²) in [4.78, 5) is 14.7. The molecule has 1 fully saturated rings. The molecule has 0 saturated carbocycles. The fourth-order valence-corrected chi connectivity index (χ4v) is 2.35. The van der Waals surface area contributed by atoms with Crippen molar-refractivity contribution in [2.45, 2.75) is 25.7 Å². The lowest BCUT2D eigenvalue weighted by Crippen LogP contribution is -2.34. The van der Waals surface area contributed by atoms with Crippen molar-refractivity contribution in [2.24, 2.45) is 0 Å². The highest BCUT2D eigenvalue weighted by Gasteiger charge is 2.25. The molecule has 1 aliphatic rings. The van der Waals surface area contributed by atoms with E-state index in [2.05, 4.69) is 25.0 Å². The summed E-state index contributed by atoms with van der Waals surface area (Å²) >= 11 is 0. The van der Waals surface area contributed by atoms with E-state index in [1.807, 2.05) is 19.3 Å². The Hall–Kier alpha value is -1.98. The number of rotatable bonds is 2. The number of hydrogen-bond donors (Lipinski definition) is 0. The number of anilines is 1. The molecule has 6 nitrogen and oxygen atoms in total. The van der Waals surface area contributed by atoms with Gasteiger partial charge in [-0.1, -0.05) is 5.16 Å². The van der Waals surface area contributed by atoms with Crippen LogP contribution in [0.3, 0.4) is 0 Å². The van der Waals surface area contributed by atoms with Gasteiger partial charge in [-0.3, -0.25) is 0 Å². The molecule has 3 rings (SSSR count). The highest BCUT2D eigenvalue weighted by atomic mass is 16.5. The first-order valence-electron chi connectivity index (χ1n) is 6.13. The van der Waals surface area contributed by atoms with Gasteiger partial charge in [-0.2, -0.15) is 4.98 Å². The van der Waals surface area contributed by atoms with Crippen LogP contribution in [-0.4, -0.2) is 33.2 Å². The molecule has 0 radical (unpaired) electrons. The van der Waals surface area contributed by atoms with E-state index in [1.165, 1.54) is 0 Å². The zero-order valence-electron chi connectivity index (χ0n) is 10.3. The lowest BCUT2D eigenvalue weighted by molar-refractivity contribution is 0.331. The van der Waals surface area contributed by atoms with Gasteiger partial charge >= 0.3 is 0 Å². The second kappa shape index (κ2) is 4.72. The summed E-state index contributed by atoms with van der Waals surface area (Å²) in [7, 11) is 0. The van der Waals surface area contributed by atoms with E-state index < -0.39 is 0 Å². The molecule has 3 heterocycles. The minimum Gasteiger partial charge on any atom is -0.368 e. The molecule has 1 atom stereocenters. The van der Waals surface area contributed by atoms with Gasteiger partial charge < -0.3 is 9.42 Å². The third kappa shape index (κ3) is 2.18. The molecule has 0 aliphatic carbocycles. The van der Waals surface area contributed by atoms with E-state index in [4.69, 9.17) is 4.52 Å². The van der Waals surface area contributed by atoms with Gasteiger partial charge in [0.05, 0.1) is 24.0 Å². The Labute approximate surface area is 105 Å². The quantitative estimate of drug-likeness (QED) is 0.799. The molecule has 1 saturated heterocycles. The molecule has 1 aliphatic heterocycles. The van der Waals surface area contributed by atoms with Crippen LogP contribution in [0, 0.1) is 6.92 Å². The Bertz CT molecular complexity index is 512. The monoisotopic (exact) mass is 245 g/mol. The van der Waals surface area contributed by atoms with Crippen LogP contribution in [0.2, 0.25) is 0 Å². The summed E-state index contributed by atoms with van der Waals surface area (Å²) in [5.74, 6) is 1.75. The van der Waals surface area contributed by atoms with Gasteiger partial charge in [0, 0.05) is 13.1 Å². The third-order valence-corrected chi connectivity index (χ3v) is 3.23. The zero-order chi connectivity index (χ0) is 12.4. The van der Waals surface area contributed by atoms with Crippen molar-refractivity contribution in [1.29, 1.82) is 0 Å². The first-order chi connectivity index (χ1) is 8.83. The van der Waals surface area contributed by atoms with Crippen LogP contribution >= 0.6 is 0 Å². The van der Waals surface area contributed by atoms with Crippen LogP contribution in [0.1, 0.15) is 30.5 Å². The van der Waals surface area contributed by atoms with E-state index in [0.29, 0.717) is 11.7 Å². The summed E-state index contributed by atoms with van der Waals surface area (Å²) in [6, 6.07) is 0. The van der Waals surface area contributed by atoms with Crippen molar-refractivity contribution in [1.82, 2.24) is 20.1 Å². The molecule has 0 amide bonds. The Morgan fingerprint density at radius 2 is 2.17 bits per heavy atom. The fourth-order valence-electron chi connectivity index (χ4n) is 2.35. The molecule has 0 spiro atoms. The van der Waals surface area contributed by atoms with E-state index in [9.17, 15) is 0 Å². The minimum atomic E-state index is 0.306. The predicted octanol–water partition coefficient (Wildman–Crippen LogP) is 1.55. The fraction of sp³-hybridized carbons (Fsp3) is 0.500. The molecule has 6 heteroatoms. The summed E-state index contributed by atoms with van der Waals surface area (Å²) in [5, 5.41) is 3.86. The lowest BCUT2D eigenvalue weighted by atomic mass is 9.98. The van der Waals surface area contributed by atoms with Crippen molar-refractivity contribution in [3.63, 3.8) is 0 Å². The number of hydrogen-bond acceptors (Lipinski definition) is 6. The van der Waals surface area contributed by atoms with E-state index >= 15 is 0 Å². The van der Waals surface area contributed by atoms with Gasteiger partial charge in [-0.15, -0.1) is 0 Å². The maximum atomic E-state index is 5.27. The topological polar surface area (TPSA) is 67.9 Å². The van der Waals surface area contributed by atoms with Crippen molar-refractivity contribution < 1.29 is 4.52 Å². The molecular formula is C12H15N5O. The normalized spacial score (nSPS) is 20.1. The van der Waals surface area contributed by atoms with Crippen LogP contribution in [0.25, 0.3) is 0 Å². The molecular weight excluding hydrogens is 230 g/mol. The lowest BCUT2D eigenvalue weighted by Gasteiger charge is -2.32. The standard InChI is InChI=1S/C12H15N5O/c1-9-15-12(18-16-9)10-3-2-4-17(7-10)11-5-13-8-14-6-11/h5-6,8,10H,2-4,7H2,1H3/t10-/m1/s1. The average molecular weight is 245 g/mol. The summed E-state index contributed by atoms with van der Waals surface area (Å²) < 4.78 is 5.27. The molecule has 0 bridgehead atoms. The Morgan fingerprint density at radius 3 is 2.89 bits per heavy atom. The Balaban J connectivity index is 1.76. The molecule has 18 heavy (non-hydrogen) atoms. The maximum absolute atomic E-state index is 5.27. The number of piperidine rings is 1. The molecule has 2 aromatic heterocycles. The van der Waals surface area contributed by atoms with Crippen LogP contribution in [0.15, 0.2) is 23.2 Å². The summed E-state index contributed by atoms with van der Waals surface area (Å²) in [6.45, 7) is 3.75. The van der Waals surface area contributed by atoms with Crippen LogP contribution < -0.4 is 4.90 Å². The highest BCUT2D eigenvalue weighted by molar-refractivity contribution is 5.42. The van der Waals surface area contributed by atoms with Gasteiger partial charge in [0.2, 0.25) is 5.89 Å². The molecule has 2 aromatic rings. The van der Waals surface area contributed by atoms with Gasteiger partial charge in [0.25, 0.3) is 0 Å². The number of aromatic nitrogens is 4. The van der Waals surface area contributed by atoms with Crippen LogP contribution in [0.5, 0.6) is 0 Å². The van der Waals surface area contributed by atoms with Gasteiger partial charge in [-0.05, 0) is 19.8 Å². The van der Waals surface area contributed by atoms with Gasteiger partial charge in [-0.25, -0.2) is 9.97 Å². The smallest absolute Gasteiger partial charge is 0.231 e. The Morgan fingerprint density at radius 1 is 1.33 bits per heavy atom. The van der Waals surface area contributed by atoms with E-state index in [0.717, 1.165) is 37.5 Å². The van der Waals surface area contributed by atoms with Crippen molar-refractivity contribution in [3.05, 3.63) is 30.4 Å². The van der Waals surface area contributed by atoms with Crippen molar-refractivity contribution in [2.75, 3.05) is 18.0 Å². The van der Waals surface area contributed by atoms with Crippen molar-refractivity contribution in [3.8, 4) is 0 Å². The minimum absolute atomic E-state index is 0.306. The predicted molar refractivity (Wildman–Crippen MR) is 65.3 cm³/mol. The molecule has 0 aromatic carbocycles. The first kappa shape index (κ1) is 11.1. The average Bonchev–Trinajstić information content (AvgIpc) is 2.87. The number of nitrogens with zero attached hydrogens (tertiary/aromatic N) is 5. The Kier molecular flexibility index (Phi) is 2.92. The number of aryl methyl sites for hydroxylation is 1. The molecule has 0 N–H and O–H groups in total. The van der Waals surface area contributed by atoms with Gasteiger partial charge in [0.15, 0.2) is 5.82 Å². The summed E-state index contributed by atoms with van der Waals surface area (Å²) in [5.41, 5.74) is 1.05. The zero-order valence-corrected chi connectivity index (χ0v) is 10.3. The maximum Gasteiger partial charge on any atom is 0.231 e. The van der Waals surface area contributed by atoms with E-state index in [-0.39, 0.29) is 0 Å². The van der Waals surface area contributed by atoms with E-state index in [1.54, 1.807) is 6.33 Å². The second-order valence-corrected chi connectivity index (χ2v) is 4.56. The van der Waals surface area contributed by atoms with Crippen LogP contribution in [-0.2, 0) is 0 Å². The second-order valence-electron chi connectivity index (χ2n) is 4.56. The molecule has 0 unspecified atom stereocenters. The highest BCUT2D eigenvalue weighted by Crippen LogP contribution is 2.28.